The number of amides is 2. The first-order chi connectivity index (χ1) is 21.7. The second-order valence-corrected chi connectivity index (χ2v) is 11.2. The Hall–Kier alpha value is -5.24. The van der Waals surface area contributed by atoms with Gasteiger partial charge in [0.1, 0.15) is 22.3 Å². The molecular weight excluding hydrogens is 596 g/mol. The van der Waals surface area contributed by atoms with Crippen LogP contribution in [0.1, 0.15) is 24.0 Å². The smallest absolute Gasteiger partial charge is 0.319 e. The van der Waals surface area contributed by atoms with E-state index in [0.717, 1.165) is 54.3 Å². The minimum atomic E-state index is -0.265. The van der Waals surface area contributed by atoms with Crippen molar-refractivity contribution in [2.45, 2.75) is 32.7 Å². The molecular formula is C30H33ClN12O2. The number of nitrogens with one attached hydrogen (secondary N) is 3. The Morgan fingerprint density at radius 1 is 0.956 bits per heavy atom. The summed E-state index contributed by atoms with van der Waals surface area (Å²) in [6, 6.07) is 10.5. The molecule has 45 heavy (non-hydrogen) atoms. The Balaban J connectivity index is 1.00. The van der Waals surface area contributed by atoms with Crippen LogP contribution >= 0.6 is 11.6 Å². The predicted molar refractivity (Wildman–Crippen MR) is 171 cm³/mol. The number of piperidine rings is 1. The molecule has 1 aliphatic rings. The molecule has 0 atom stereocenters. The summed E-state index contributed by atoms with van der Waals surface area (Å²) in [6.45, 7) is 5.68. The third kappa shape index (κ3) is 6.65. The van der Waals surface area contributed by atoms with Crippen molar-refractivity contribution in [1.82, 2.24) is 45.0 Å². The summed E-state index contributed by atoms with van der Waals surface area (Å²) in [6.07, 6.45) is 6.47. The van der Waals surface area contributed by atoms with Gasteiger partial charge in [-0.2, -0.15) is 15.2 Å². The van der Waals surface area contributed by atoms with Crippen LogP contribution in [0, 0.1) is 13.8 Å². The van der Waals surface area contributed by atoms with E-state index in [1.807, 2.05) is 13.1 Å². The van der Waals surface area contributed by atoms with Crippen LogP contribution in [0.25, 0.3) is 11.4 Å². The quantitative estimate of drug-likeness (QED) is 0.214. The molecule has 3 N–H and O–H groups in total. The first-order valence-electron chi connectivity index (χ1n) is 14.5. The van der Waals surface area contributed by atoms with Gasteiger partial charge in [0.15, 0.2) is 5.82 Å². The lowest BCUT2D eigenvalue weighted by Crippen LogP contribution is -2.46. The Bertz CT molecular complexity index is 1810. The molecule has 0 radical (unpaired) electrons. The van der Waals surface area contributed by atoms with E-state index in [0.29, 0.717) is 23.2 Å². The summed E-state index contributed by atoms with van der Waals surface area (Å²) in [5.41, 5.74) is 4.58. The van der Waals surface area contributed by atoms with Crippen molar-refractivity contribution in [3.63, 3.8) is 0 Å². The van der Waals surface area contributed by atoms with Gasteiger partial charge in [0.2, 0.25) is 11.8 Å². The Kier molecular flexibility index (Phi) is 8.47. The van der Waals surface area contributed by atoms with Crippen molar-refractivity contribution >= 4 is 40.9 Å². The summed E-state index contributed by atoms with van der Waals surface area (Å²) >= 11 is 6.27. The molecule has 14 nitrogen and oxygen atoms in total. The lowest BCUT2D eigenvalue weighted by molar-refractivity contribution is 0.246. The second kappa shape index (κ2) is 12.8. The number of rotatable bonds is 8. The standard InChI is InChI=1S/C30H33ClN12O2/c1-18-19(2)27(40-39-26(18)24-9-13-33-41(24)3)43-15-11-21(12-16-43)36-30(44)35-20-5-7-22(8-6-20)45-28-23(31)17-32-29(38-28)37-25-10-14-34-42(25)4/h5-10,13-14,17,21H,11-12,15-16H2,1-4H3,(H,32,37,38)(H2,35,36,44). The second-order valence-electron chi connectivity index (χ2n) is 10.8. The molecule has 232 valence electrons. The Labute approximate surface area is 264 Å². The van der Waals surface area contributed by atoms with Crippen molar-refractivity contribution in [2.75, 3.05) is 28.6 Å². The molecule has 0 aliphatic carbocycles. The molecule has 6 rings (SSSR count). The molecule has 1 aromatic carbocycles. The number of urea groups is 1. The summed E-state index contributed by atoms with van der Waals surface area (Å²) in [5, 5.41) is 26.8. The van der Waals surface area contributed by atoms with Crippen molar-refractivity contribution in [2.24, 2.45) is 14.1 Å². The fourth-order valence-corrected chi connectivity index (χ4v) is 5.27. The Morgan fingerprint density at radius 2 is 1.69 bits per heavy atom. The van der Waals surface area contributed by atoms with E-state index in [-0.39, 0.29) is 23.0 Å². The lowest BCUT2D eigenvalue weighted by atomic mass is 10.0. The molecule has 0 unspecified atom stereocenters. The van der Waals surface area contributed by atoms with Gasteiger partial charge in [0, 0.05) is 51.2 Å². The van der Waals surface area contributed by atoms with Gasteiger partial charge in [-0.25, -0.2) is 9.78 Å². The molecule has 5 aromatic rings. The maximum atomic E-state index is 12.8. The van der Waals surface area contributed by atoms with Crippen LogP contribution < -0.4 is 25.6 Å². The zero-order valence-electron chi connectivity index (χ0n) is 25.3. The zero-order chi connectivity index (χ0) is 31.5. The monoisotopic (exact) mass is 628 g/mol. The topological polar surface area (TPSA) is 153 Å². The number of carbonyl (C=O) groups is 1. The van der Waals surface area contributed by atoms with E-state index in [2.05, 4.69) is 65.1 Å². The fraction of sp³-hybridized carbons (Fsp3) is 0.300. The van der Waals surface area contributed by atoms with Crippen LogP contribution in [0.15, 0.2) is 55.0 Å². The lowest BCUT2D eigenvalue weighted by Gasteiger charge is -2.34. The van der Waals surface area contributed by atoms with Gasteiger partial charge in [0.25, 0.3) is 0 Å². The van der Waals surface area contributed by atoms with Crippen molar-refractivity contribution in [3.8, 4) is 23.0 Å². The van der Waals surface area contributed by atoms with Gasteiger partial charge in [-0.1, -0.05) is 11.6 Å². The minimum Gasteiger partial charge on any atom is -0.437 e. The third-order valence-corrected chi connectivity index (χ3v) is 8.05. The van der Waals surface area contributed by atoms with Crippen molar-refractivity contribution < 1.29 is 9.53 Å². The van der Waals surface area contributed by atoms with Crippen LogP contribution in [0.2, 0.25) is 5.02 Å². The minimum absolute atomic E-state index is 0.0426. The van der Waals surface area contributed by atoms with Crippen LogP contribution in [-0.2, 0) is 14.1 Å². The number of aryl methyl sites for hydroxylation is 2. The molecule has 0 spiro atoms. The number of carbonyl (C=O) groups excluding carboxylic acids is 1. The van der Waals surface area contributed by atoms with Crippen LogP contribution in [-0.4, -0.2) is 64.9 Å². The first kappa shape index (κ1) is 29.8. The zero-order valence-corrected chi connectivity index (χ0v) is 26.1. The van der Waals surface area contributed by atoms with Crippen LogP contribution in [0.5, 0.6) is 11.6 Å². The highest BCUT2D eigenvalue weighted by molar-refractivity contribution is 6.31. The van der Waals surface area contributed by atoms with E-state index < -0.39 is 0 Å². The van der Waals surface area contributed by atoms with E-state index in [9.17, 15) is 4.79 Å². The molecule has 1 aliphatic heterocycles. The average Bonchev–Trinajstić information content (AvgIpc) is 3.64. The van der Waals surface area contributed by atoms with E-state index in [4.69, 9.17) is 16.3 Å². The van der Waals surface area contributed by atoms with Gasteiger partial charge in [0.05, 0.1) is 18.1 Å². The van der Waals surface area contributed by atoms with Crippen LogP contribution in [0.4, 0.5) is 28.1 Å². The molecule has 0 saturated carbocycles. The number of halogens is 1. The maximum Gasteiger partial charge on any atom is 0.319 e. The fourth-order valence-electron chi connectivity index (χ4n) is 5.14. The number of aromatic nitrogens is 8. The number of nitrogens with zero attached hydrogens (tertiary/aromatic N) is 9. The largest absolute Gasteiger partial charge is 0.437 e. The predicted octanol–water partition coefficient (Wildman–Crippen LogP) is 5.00. The maximum absolute atomic E-state index is 12.8. The SMILES string of the molecule is Cc1c(-c2ccnn2C)nnc(N2CCC(NC(=O)Nc3ccc(Oc4nc(Nc5ccnn5C)ncc4Cl)cc3)CC2)c1C. The summed E-state index contributed by atoms with van der Waals surface area (Å²) < 4.78 is 9.34. The summed E-state index contributed by atoms with van der Waals surface area (Å²) in [7, 11) is 3.70. The highest BCUT2D eigenvalue weighted by Gasteiger charge is 2.24. The molecule has 4 aromatic heterocycles. The third-order valence-electron chi connectivity index (χ3n) is 7.79. The van der Waals surface area contributed by atoms with E-state index in [1.165, 1.54) is 6.20 Å². The number of ether oxygens (including phenoxy) is 1. The Morgan fingerprint density at radius 3 is 2.38 bits per heavy atom. The average molecular weight is 629 g/mol. The highest BCUT2D eigenvalue weighted by Crippen LogP contribution is 2.30. The van der Waals surface area contributed by atoms with Gasteiger partial charge in [-0.3, -0.25) is 9.36 Å². The van der Waals surface area contributed by atoms with Gasteiger partial charge >= 0.3 is 6.03 Å². The van der Waals surface area contributed by atoms with Crippen LogP contribution in [0.3, 0.4) is 0 Å². The van der Waals surface area contributed by atoms with Gasteiger partial charge in [-0.05, 0) is 68.1 Å². The normalized spacial score (nSPS) is 13.5. The summed E-state index contributed by atoms with van der Waals surface area (Å²) in [5.74, 6) is 2.61. The molecule has 1 saturated heterocycles. The van der Waals surface area contributed by atoms with Crippen molar-refractivity contribution in [1.29, 1.82) is 0 Å². The van der Waals surface area contributed by atoms with E-state index in [1.54, 1.807) is 59.1 Å². The molecule has 5 heterocycles. The number of anilines is 4. The van der Waals surface area contributed by atoms with Crippen molar-refractivity contribution in [3.05, 3.63) is 71.1 Å². The number of benzene rings is 1. The molecule has 2 amide bonds. The molecule has 1 fully saturated rings. The molecule has 15 heteroatoms. The number of hydrogen-bond acceptors (Lipinski definition) is 10. The first-order valence-corrected chi connectivity index (χ1v) is 14.8. The highest BCUT2D eigenvalue weighted by atomic mass is 35.5. The number of hydrogen-bond donors (Lipinski definition) is 3. The summed E-state index contributed by atoms with van der Waals surface area (Å²) in [4.78, 5) is 23.6. The molecule has 0 bridgehead atoms. The van der Waals surface area contributed by atoms with Gasteiger partial charge in [-0.15, -0.1) is 10.2 Å². The van der Waals surface area contributed by atoms with E-state index >= 15 is 0 Å². The van der Waals surface area contributed by atoms with Gasteiger partial charge < -0.3 is 25.6 Å².